The van der Waals surface area contributed by atoms with Crippen LogP contribution in [0.15, 0.2) is 51.7 Å². The molecule has 0 fully saturated rings. The maximum absolute atomic E-state index is 11.7. The molecule has 0 bridgehead atoms. The van der Waals surface area contributed by atoms with Crippen LogP contribution in [0.1, 0.15) is 101 Å². The Morgan fingerprint density at radius 2 is 1.19 bits per heavy atom. The first kappa shape index (κ1) is 25.2. The van der Waals surface area contributed by atoms with Crippen molar-refractivity contribution in [2.24, 2.45) is 15.3 Å². The van der Waals surface area contributed by atoms with Crippen molar-refractivity contribution in [1.82, 2.24) is 0 Å². The summed E-state index contributed by atoms with van der Waals surface area (Å²) in [6.45, 7) is 16.5. The Bertz CT molecular complexity index is 955. The van der Waals surface area contributed by atoms with Gasteiger partial charge in [0.1, 0.15) is 5.69 Å². The molecule has 0 amide bonds. The van der Waals surface area contributed by atoms with Gasteiger partial charge in [-0.1, -0.05) is 108 Å². The summed E-state index contributed by atoms with van der Waals surface area (Å²) in [5.74, 6) is 0.181. The van der Waals surface area contributed by atoms with E-state index in [9.17, 15) is 10.1 Å². The number of benzene rings is 2. The van der Waals surface area contributed by atoms with Gasteiger partial charge in [0.05, 0.1) is 5.11 Å². The van der Waals surface area contributed by atoms with Gasteiger partial charge in [0.2, 0.25) is 0 Å². The number of nitro groups is 1. The van der Waals surface area contributed by atoms with Gasteiger partial charge >= 0.3 is 5.96 Å². The van der Waals surface area contributed by atoms with Crippen molar-refractivity contribution in [2.45, 2.75) is 79.1 Å². The maximum Gasteiger partial charge on any atom is 0.474 e. The average Bonchev–Trinajstić information content (AvgIpc) is 2.72. The zero-order valence-electron chi connectivity index (χ0n) is 20.3. The van der Waals surface area contributed by atoms with Crippen molar-refractivity contribution < 1.29 is 4.92 Å². The number of hydrogen-bond acceptors (Lipinski definition) is 4. The lowest BCUT2D eigenvalue weighted by Gasteiger charge is -2.25. The minimum Gasteiger partial charge on any atom is -0.491 e. The van der Waals surface area contributed by atoms with Crippen molar-refractivity contribution >= 4 is 17.3 Å². The standard InChI is InChI=1S/C25H34N5O2/c1-15(2)19-11-9-12-20(16(3)4)23(19)26-28-25(30(31)32)29-27-24-21(17(5)6)13-10-14-22(24)18(7)8/h9-18H,1-8H3/q-1/b28-25-,29-27?. The number of rotatable bonds is 7. The SMILES string of the molecule is CC(C)c1cccc(C(C)C)c1N=N/C(=N/[N-]c1c(C(C)C)cccc1C(C)C)[N+](=O)[O-]. The van der Waals surface area contributed by atoms with Crippen LogP contribution in [0.3, 0.4) is 0 Å². The number of nitrogens with zero attached hydrogens (tertiary/aromatic N) is 5. The van der Waals surface area contributed by atoms with Crippen molar-refractivity contribution in [1.29, 1.82) is 0 Å². The highest BCUT2D eigenvalue weighted by molar-refractivity contribution is 5.75. The summed E-state index contributed by atoms with van der Waals surface area (Å²) in [6.07, 6.45) is 0. The fourth-order valence-electron chi connectivity index (χ4n) is 3.54. The first-order valence-corrected chi connectivity index (χ1v) is 11.1. The van der Waals surface area contributed by atoms with E-state index in [1.54, 1.807) is 0 Å². The Morgan fingerprint density at radius 3 is 1.56 bits per heavy atom. The quantitative estimate of drug-likeness (QED) is 0.143. The smallest absolute Gasteiger partial charge is 0.474 e. The van der Waals surface area contributed by atoms with Crippen LogP contribution in [-0.2, 0) is 0 Å². The van der Waals surface area contributed by atoms with Crippen molar-refractivity contribution in [3.05, 3.63) is 74.2 Å². The van der Waals surface area contributed by atoms with E-state index < -0.39 is 10.9 Å². The molecule has 0 N–H and O–H groups in total. The van der Waals surface area contributed by atoms with Crippen LogP contribution in [0.25, 0.3) is 5.43 Å². The second-order valence-corrected chi connectivity index (χ2v) is 9.15. The minimum atomic E-state index is -0.646. The largest absolute Gasteiger partial charge is 0.491 e. The Balaban J connectivity index is 2.51. The number of azo groups is 1. The summed E-state index contributed by atoms with van der Waals surface area (Å²) >= 11 is 0. The Morgan fingerprint density at radius 1 is 0.781 bits per heavy atom. The molecule has 172 valence electrons. The van der Waals surface area contributed by atoms with Gasteiger partial charge < -0.3 is 15.5 Å². The van der Waals surface area contributed by atoms with Gasteiger partial charge in [-0.2, -0.15) is 5.10 Å². The number of hydrogen-bond donors (Lipinski definition) is 0. The maximum atomic E-state index is 11.7. The topological polar surface area (TPSA) is 94.3 Å². The zero-order chi connectivity index (χ0) is 24.0. The molecule has 7 nitrogen and oxygen atoms in total. The van der Waals surface area contributed by atoms with Crippen molar-refractivity contribution in [3.8, 4) is 0 Å². The minimum absolute atomic E-state index is 0.204. The van der Waals surface area contributed by atoms with Gasteiger partial charge in [-0.05, 0) is 39.7 Å². The van der Waals surface area contributed by atoms with E-state index in [2.05, 4.69) is 76.1 Å². The molecule has 2 rings (SSSR count). The predicted octanol–water partition coefficient (Wildman–Crippen LogP) is 8.52. The second kappa shape index (κ2) is 11.0. The van der Waals surface area contributed by atoms with Crippen LogP contribution in [0.5, 0.6) is 0 Å². The summed E-state index contributed by atoms with van der Waals surface area (Å²) in [6, 6.07) is 11.9. The highest BCUT2D eigenvalue weighted by Crippen LogP contribution is 2.38. The normalized spacial score (nSPS) is 12.6. The van der Waals surface area contributed by atoms with E-state index in [1.165, 1.54) is 0 Å². The molecule has 0 aromatic heterocycles. The summed E-state index contributed by atoms with van der Waals surface area (Å²) in [4.78, 5) is 11.0. The first-order valence-electron chi connectivity index (χ1n) is 11.1. The third-order valence-corrected chi connectivity index (χ3v) is 5.33. The monoisotopic (exact) mass is 436 g/mol. The van der Waals surface area contributed by atoms with Crippen LogP contribution in [0, 0.1) is 10.1 Å². The van der Waals surface area contributed by atoms with Crippen LogP contribution in [-0.4, -0.2) is 10.9 Å². The summed E-state index contributed by atoms with van der Waals surface area (Å²) in [5.41, 5.74) is 9.59. The van der Waals surface area contributed by atoms with Crippen molar-refractivity contribution in [2.75, 3.05) is 0 Å². The van der Waals surface area contributed by atoms with E-state index in [0.717, 1.165) is 22.3 Å². The highest BCUT2D eigenvalue weighted by atomic mass is 16.6. The van der Waals surface area contributed by atoms with Gasteiger partial charge in [0, 0.05) is 0 Å². The Kier molecular flexibility index (Phi) is 8.63. The zero-order valence-corrected chi connectivity index (χ0v) is 20.3. The summed E-state index contributed by atoms with van der Waals surface area (Å²) in [7, 11) is 0. The van der Waals surface area contributed by atoms with Crippen molar-refractivity contribution in [3.63, 3.8) is 0 Å². The molecule has 0 spiro atoms. The van der Waals surface area contributed by atoms with E-state index in [-0.39, 0.29) is 23.7 Å². The third kappa shape index (κ3) is 5.99. The molecule has 32 heavy (non-hydrogen) atoms. The molecule has 0 aliphatic carbocycles. The van der Waals surface area contributed by atoms with E-state index in [4.69, 9.17) is 0 Å². The van der Waals surface area contributed by atoms with E-state index in [1.807, 2.05) is 36.4 Å². The van der Waals surface area contributed by atoms with Gasteiger partial charge in [-0.15, -0.1) is 5.69 Å². The van der Waals surface area contributed by atoms with Crippen LogP contribution < -0.4 is 0 Å². The third-order valence-electron chi connectivity index (χ3n) is 5.33. The highest BCUT2D eigenvalue weighted by Gasteiger charge is 2.17. The number of guanidine groups is 1. The molecule has 0 unspecified atom stereocenters. The Hall–Kier alpha value is -3.09. The first-order chi connectivity index (χ1) is 15.0. The van der Waals surface area contributed by atoms with Crippen LogP contribution in [0.4, 0.5) is 11.4 Å². The predicted molar refractivity (Wildman–Crippen MR) is 131 cm³/mol. The molecule has 2 aromatic rings. The van der Waals surface area contributed by atoms with Gasteiger partial charge in [-0.3, -0.25) is 0 Å². The second-order valence-electron chi connectivity index (χ2n) is 9.15. The van der Waals surface area contributed by atoms with E-state index in [0.29, 0.717) is 11.4 Å². The molecule has 0 radical (unpaired) electrons. The molecule has 0 saturated heterocycles. The summed E-state index contributed by atoms with van der Waals surface area (Å²) in [5, 5.41) is 23.8. The molecular weight excluding hydrogens is 402 g/mol. The molecule has 0 aliphatic heterocycles. The lowest BCUT2D eigenvalue weighted by atomic mass is 9.93. The molecule has 0 saturated carbocycles. The lowest BCUT2D eigenvalue weighted by Crippen LogP contribution is -2.08. The fraction of sp³-hybridized carbons (Fsp3) is 0.480. The van der Waals surface area contributed by atoms with Crippen LogP contribution in [0.2, 0.25) is 0 Å². The molecule has 2 aromatic carbocycles. The molecule has 0 heterocycles. The van der Waals surface area contributed by atoms with Crippen LogP contribution >= 0.6 is 0 Å². The summed E-state index contributed by atoms with van der Waals surface area (Å²) < 4.78 is 0. The van der Waals surface area contributed by atoms with Gasteiger partial charge in [0.25, 0.3) is 0 Å². The van der Waals surface area contributed by atoms with E-state index >= 15 is 0 Å². The Labute approximate surface area is 191 Å². The molecule has 7 heteroatoms. The molecule has 0 aliphatic rings. The fourth-order valence-corrected chi connectivity index (χ4v) is 3.54. The van der Waals surface area contributed by atoms with Gasteiger partial charge in [0.15, 0.2) is 0 Å². The molecular formula is C25H34N5O2-. The molecule has 0 atom stereocenters. The average molecular weight is 437 g/mol. The lowest BCUT2D eigenvalue weighted by molar-refractivity contribution is -0.352. The van der Waals surface area contributed by atoms with Gasteiger partial charge in [-0.25, -0.2) is 0 Å².